The molecule has 2 heterocycles. The highest BCUT2D eigenvalue weighted by Crippen LogP contribution is 2.50. The van der Waals surface area contributed by atoms with Crippen LogP contribution in [-0.4, -0.2) is 60.0 Å². The van der Waals surface area contributed by atoms with Gasteiger partial charge in [0.2, 0.25) is 17.7 Å². The number of hydrogen-bond donors (Lipinski definition) is 3. The molecule has 228 valence electrons. The number of rotatable bonds is 11. The van der Waals surface area contributed by atoms with Crippen LogP contribution >= 0.6 is 0 Å². The molecule has 4 amide bonds. The Balaban J connectivity index is 1.20. The Kier molecular flexibility index (Phi) is 8.52. The molecular formula is C34H42N4O5. The number of aliphatic hydroxyl groups excluding tert-OH is 1. The smallest absolute Gasteiger partial charge is 0.251 e. The Bertz CT molecular complexity index is 1340. The first kappa shape index (κ1) is 29.4. The predicted molar refractivity (Wildman–Crippen MR) is 164 cm³/mol. The lowest BCUT2D eigenvalue weighted by Crippen LogP contribution is -2.58. The monoisotopic (exact) mass is 586 g/mol. The van der Waals surface area contributed by atoms with E-state index < -0.39 is 24.0 Å². The third-order valence-corrected chi connectivity index (χ3v) is 9.93. The molecule has 3 N–H and O–H groups in total. The van der Waals surface area contributed by atoms with Crippen molar-refractivity contribution in [2.45, 2.75) is 82.9 Å². The molecule has 43 heavy (non-hydrogen) atoms. The topological polar surface area (TPSA) is 119 Å². The van der Waals surface area contributed by atoms with Gasteiger partial charge in [0.15, 0.2) is 0 Å². The molecule has 6 rings (SSSR count). The molecule has 4 aliphatic rings. The van der Waals surface area contributed by atoms with E-state index >= 15 is 0 Å². The highest BCUT2D eigenvalue weighted by molar-refractivity contribution is 6.03. The molecule has 0 radical (unpaired) electrons. The molecule has 3 unspecified atom stereocenters. The number of aliphatic hydroxyl groups is 1. The van der Waals surface area contributed by atoms with Crippen molar-refractivity contribution in [3.8, 4) is 0 Å². The maximum Gasteiger partial charge on any atom is 0.251 e. The third kappa shape index (κ3) is 6.32. The number of amides is 4. The molecule has 9 nitrogen and oxygen atoms in total. The summed E-state index contributed by atoms with van der Waals surface area (Å²) in [5.41, 5.74) is 2.47. The fourth-order valence-electron chi connectivity index (χ4n) is 7.13. The molecule has 0 bridgehead atoms. The van der Waals surface area contributed by atoms with Gasteiger partial charge in [-0.05, 0) is 80.5 Å². The molecule has 2 aliphatic carbocycles. The summed E-state index contributed by atoms with van der Waals surface area (Å²) in [5.74, 6) is 0.500. The van der Waals surface area contributed by atoms with E-state index in [2.05, 4.69) is 10.6 Å². The first-order valence-electron chi connectivity index (χ1n) is 15.9. The minimum atomic E-state index is -0.967. The Morgan fingerprint density at radius 3 is 2.12 bits per heavy atom. The van der Waals surface area contributed by atoms with Gasteiger partial charge in [-0.3, -0.25) is 19.2 Å². The van der Waals surface area contributed by atoms with E-state index in [1.54, 1.807) is 21.9 Å². The average molecular weight is 587 g/mol. The lowest BCUT2D eigenvalue weighted by atomic mass is 9.56. The van der Waals surface area contributed by atoms with Crippen LogP contribution in [0.5, 0.6) is 0 Å². The first-order valence-corrected chi connectivity index (χ1v) is 15.9. The number of carbonyl (C=O) groups excluding carboxylic acids is 4. The zero-order valence-corrected chi connectivity index (χ0v) is 24.8. The van der Waals surface area contributed by atoms with Gasteiger partial charge in [0.05, 0.1) is 12.1 Å². The van der Waals surface area contributed by atoms with Crippen molar-refractivity contribution in [2.24, 2.45) is 17.8 Å². The molecule has 0 spiro atoms. The number of carbonyl (C=O) groups is 4. The van der Waals surface area contributed by atoms with Crippen molar-refractivity contribution < 1.29 is 24.3 Å². The average Bonchev–Trinajstić information content (AvgIpc) is 3.62. The fourth-order valence-corrected chi connectivity index (χ4v) is 7.13. The summed E-state index contributed by atoms with van der Waals surface area (Å²) in [4.78, 5) is 55.3. The molecule has 0 aromatic heterocycles. The van der Waals surface area contributed by atoms with Gasteiger partial charge in [0.25, 0.3) is 5.91 Å². The van der Waals surface area contributed by atoms with Crippen LogP contribution in [-0.2, 0) is 20.8 Å². The zero-order valence-electron chi connectivity index (χ0n) is 24.8. The lowest BCUT2D eigenvalue weighted by Gasteiger charge is -2.53. The minimum absolute atomic E-state index is 0.00405. The molecule has 6 atom stereocenters. The molecule has 2 aromatic rings. The van der Waals surface area contributed by atoms with E-state index in [9.17, 15) is 24.3 Å². The van der Waals surface area contributed by atoms with Gasteiger partial charge in [-0.1, -0.05) is 37.3 Å². The molecule has 4 fully saturated rings. The zero-order chi connectivity index (χ0) is 30.1. The summed E-state index contributed by atoms with van der Waals surface area (Å²) in [6, 6.07) is 14.4. The van der Waals surface area contributed by atoms with Crippen molar-refractivity contribution >= 4 is 35.0 Å². The van der Waals surface area contributed by atoms with Gasteiger partial charge in [0, 0.05) is 54.8 Å². The van der Waals surface area contributed by atoms with Gasteiger partial charge in [-0.2, -0.15) is 0 Å². The Morgan fingerprint density at radius 2 is 1.60 bits per heavy atom. The maximum absolute atomic E-state index is 13.8. The van der Waals surface area contributed by atoms with E-state index in [1.165, 1.54) is 12.8 Å². The summed E-state index contributed by atoms with van der Waals surface area (Å²) in [6.45, 7) is 2.95. The number of nitrogens with zero attached hydrogens (tertiary/aromatic N) is 2. The minimum Gasteiger partial charge on any atom is -0.391 e. The van der Waals surface area contributed by atoms with E-state index in [4.69, 9.17) is 0 Å². The molecule has 2 aromatic carbocycles. The highest BCUT2D eigenvalue weighted by Gasteiger charge is 2.47. The molecule has 2 aliphatic heterocycles. The van der Waals surface area contributed by atoms with E-state index in [0.29, 0.717) is 55.2 Å². The van der Waals surface area contributed by atoms with Crippen LogP contribution in [0.15, 0.2) is 48.5 Å². The van der Waals surface area contributed by atoms with Crippen LogP contribution in [0.25, 0.3) is 0 Å². The standard InChI is InChI=1S/C34H42N4O5/c1-21(33(42)35-28-19-23-11-12-27(23)28)15-30(39)29(16-22-7-3-2-4-8-22)36-34(43)24-17-25(37-13-5-9-31(37)40)20-26(18-24)38-14-6-10-32(38)41/h2-4,7-8,17-18,20-21,23,27-30,39H,5-6,9-16,19H2,1H3,(H,35,42)(H,36,43)/t21-,23?,27?,28?,29+,30+/m1/s1. The fraction of sp³-hybridized carbons (Fsp3) is 0.529. The summed E-state index contributed by atoms with van der Waals surface area (Å²) in [5, 5.41) is 17.6. The van der Waals surface area contributed by atoms with Gasteiger partial charge >= 0.3 is 0 Å². The number of hydrogen-bond acceptors (Lipinski definition) is 5. The Morgan fingerprint density at radius 1 is 0.953 bits per heavy atom. The SMILES string of the molecule is C[C@H](C[C@H](O)[C@H](Cc1ccccc1)NC(=O)c1cc(N2CCCC2=O)cc(N2CCCC2=O)c1)C(=O)NC1CC2CCC21. The van der Waals surface area contributed by atoms with E-state index in [0.717, 1.165) is 30.7 Å². The van der Waals surface area contributed by atoms with E-state index in [1.807, 2.05) is 43.3 Å². The van der Waals surface area contributed by atoms with Crippen molar-refractivity contribution in [3.63, 3.8) is 0 Å². The molecule has 9 heteroatoms. The van der Waals surface area contributed by atoms with Crippen LogP contribution in [0, 0.1) is 17.8 Å². The maximum atomic E-state index is 13.8. The second-order valence-corrected chi connectivity index (χ2v) is 12.9. The van der Waals surface area contributed by atoms with Crippen molar-refractivity contribution in [1.82, 2.24) is 10.6 Å². The quantitative estimate of drug-likeness (QED) is 0.372. The van der Waals surface area contributed by atoms with E-state index in [-0.39, 0.29) is 30.2 Å². The van der Waals surface area contributed by atoms with Crippen LogP contribution in [0.1, 0.15) is 74.2 Å². The Hall–Kier alpha value is -3.72. The number of fused-ring (bicyclic) bond motifs is 1. The summed E-state index contributed by atoms with van der Waals surface area (Å²) < 4.78 is 0. The second-order valence-electron chi connectivity index (χ2n) is 12.9. The normalized spacial score (nSPS) is 24.9. The van der Waals surface area contributed by atoms with Crippen LogP contribution in [0.4, 0.5) is 11.4 Å². The predicted octanol–water partition coefficient (Wildman–Crippen LogP) is 3.58. The second kappa shape index (κ2) is 12.5. The highest BCUT2D eigenvalue weighted by atomic mass is 16.3. The number of nitrogens with one attached hydrogen (secondary N) is 2. The third-order valence-electron chi connectivity index (χ3n) is 9.93. The van der Waals surface area contributed by atoms with Crippen LogP contribution in [0.3, 0.4) is 0 Å². The summed E-state index contributed by atoms with van der Waals surface area (Å²) in [6.07, 6.45) is 5.50. The van der Waals surface area contributed by atoms with Crippen molar-refractivity contribution in [1.29, 1.82) is 0 Å². The lowest BCUT2D eigenvalue weighted by molar-refractivity contribution is -0.130. The van der Waals surface area contributed by atoms with Gasteiger partial charge in [0.1, 0.15) is 0 Å². The molecular weight excluding hydrogens is 544 g/mol. The van der Waals surface area contributed by atoms with Crippen LogP contribution < -0.4 is 20.4 Å². The van der Waals surface area contributed by atoms with Gasteiger partial charge < -0.3 is 25.5 Å². The van der Waals surface area contributed by atoms with Crippen molar-refractivity contribution in [2.75, 3.05) is 22.9 Å². The largest absolute Gasteiger partial charge is 0.391 e. The van der Waals surface area contributed by atoms with Gasteiger partial charge in [-0.15, -0.1) is 0 Å². The molecule has 2 saturated carbocycles. The summed E-state index contributed by atoms with van der Waals surface area (Å²) in [7, 11) is 0. The van der Waals surface area contributed by atoms with Gasteiger partial charge in [-0.25, -0.2) is 0 Å². The summed E-state index contributed by atoms with van der Waals surface area (Å²) >= 11 is 0. The van der Waals surface area contributed by atoms with Crippen molar-refractivity contribution in [3.05, 3.63) is 59.7 Å². The Labute approximate surface area is 253 Å². The number of anilines is 2. The first-order chi connectivity index (χ1) is 20.8. The van der Waals surface area contributed by atoms with Crippen LogP contribution in [0.2, 0.25) is 0 Å². The number of benzene rings is 2. The molecule has 2 saturated heterocycles.